The van der Waals surface area contributed by atoms with Crippen molar-refractivity contribution in [3.8, 4) is 0 Å². The van der Waals surface area contributed by atoms with E-state index in [1.165, 1.54) is 25.7 Å². The zero-order chi connectivity index (χ0) is 10.4. The predicted molar refractivity (Wildman–Crippen MR) is 64.5 cm³/mol. The molecule has 0 heteroatoms. The SMILES string of the molecule is CC(C)c1c(C2CC2)cccc1C1CC1. The van der Waals surface area contributed by atoms with Gasteiger partial charge in [-0.3, -0.25) is 0 Å². The molecule has 0 spiro atoms. The molecule has 2 fully saturated rings. The second-order valence-electron chi connectivity index (χ2n) is 5.55. The van der Waals surface area contributed by atoms with Crippen molar-refractivity contribution >= 4 is 0 Å². The summed E-state index contributed by atoms with van der Waals surface area (Å²) >= 11 is 0. The number of hydrogen-bond acceptors (Lipinski definition) is 0. The van der Waals surface area contributed by atoms with Gasteiger partial charge in [-0.1, -0.05) is 32.0 Å². The van der Waals surface area contributed by atoms with E-state index in [4.69, 9.17) is 0 Å². The van der Waals surface area contributed by atoms with Crippen LogP contribution in [-0.2, 0) is 0 Å². The average Bonchev–Trinajstić information content (AvgIpc) is 3.07. The van der Waals surface area contributed by atoms with Crippen molar-refractivity contribution in [1.82, 2.24) is 0 Å². The molecular formula is C15H20. The lowest BCUT2D eigenvalue weighted by atomic mass is 9.88. The first-order valence-electron chi connectivity index (χ1n) is 6.40. The minimum atomic E-state index is 0.706. The van der Waals surface area contributed by atoms with E-state index in [9.17, 15) is 0 Å². The zero-order valence-electron chi connectivity index (χ0n) is 9.79. The second-order valence-corrected chi connectivity index (χ2v) is 5.55. The van der Waals surface area contributed by atoms with E-state index in [2.05, 4.69) is 32.0 Å². The Morgan fingerprint density at radius 2 is 1.40 bits per heavy atom. The van der Waals surface area contributed by atoms with Crippen LogP contribution in [0.3, 0.4) is 0 Å². The first kappa shape index (κ1) is 9.45. The van der Waals surface area contributed by atoms with Gasteiger partial charge in [-0.05, 0) is 60.1 Å². The molecule has 1 aromatic carbocycles. The zero-order valence-corrected chi connectivity index (χ0v) is 9.79. The summed E-state index contributed by atoms with van der Waals surface area (Å²) in [7, 11) is 0. The monoisotopic (exact) mass is 200 g/mol. The summed E-state index contributed by atoms with van der Waals surface area (Å²) in [6.07, 6.45) is 5.70. The Kier molecular flexibility index (Phi) is 2.12. The minimum absolute atomic E-state index is 0.706. The number of benzene rings is 1. The largest absolute Gasteiger partial charge is 0.0617 e. The molecule has 2 aliphatic carbocycles. The normalized spacial score (nSPS) is 21.0. The van der Waals surface area contributed by atoms with Gasteiger partial charge in [-0.15, -0.1) is 0 Å². The lowest BCUT2D eigenvalue weighted by Crippen LogP contribution is -2.00. The molecule has 2 aliphatic rings. The van der Waals surface area contributed by atoms with E-state index < -0.39 is 0 Å². The van der Waals surface area contributed by atoms with E-state index in [1.807, 2.05) is 0 Å². The van der Waals surface area contributed by atoms with Gasteiger partial charge in [0.1, 0.15) is 0 Å². The lowest BCUT2D eigenvalue weighted by Gasteiger charge is -2.17. The molecule has 0 aromatic heterocycles. The Labute approximate surface area is 92.7 Å². The molecular weight excluding hydrogens is 180 g/mol. The Morgan fingerprint density at radius 1 is 0.933 bits per heavy atom. The first-order valence-corrected chi connectivity index (χ1v) is 6.40. The van der Waals surface area contributed by atoms with Gasteiger partial charge in [0.25, 0.3) is 0 Å². The van der Waals surface area contributed by atoms with Gasteiger partial charge in [0.15, 0.2) is 0 Å². The number of hydrogen-bond donors (Lipinski definition) is 0. The molecule has 0 radical (unpaired) electrons. The maximum Gasteiger partial charge on any atom is -0.0159 e. The van der Waals surface area contributed by atoms with Crippen molar-refractivity contribution in [3.63, 3.8) is 0 Å². The van der Waals surface area contributed by atoms with E-state index >= 15 is 0 Å². The molecule has 0 unspecified atom stereocenters. The fourth-order valence-corrected chi connectivity index (χ4v) is 2.77. The van der Waals surface area contributed by atoms with Crippen molar-refractivity contribution in [2.24, 2.45) is 0 Å². The average molecular weight is 200 g/mol. The van der Waals surface area contributed by atoms with Gasteiger partial charge in [0.2, 0.25) is 0 Å². The molecule has 0 N–H and O–H groups in total. The standard InChI is InChI=1S/C15H20/c1-10(2)15-13(11-6-7-11)4-3-5-14(15)12-8-9-12/h3-5,10-12H,6-9H2,1-2H3. The van der Waals surface area contributed by atoms with Crippen LogP contribution in [0.15, 0.2) is 18.2 Å². The molecule has 0 aliphatic heterocycles. The van der Waals surface area contributed by atoms with Crippen molar-refractivity contribution in [2.75, 3.05) is 0 Å². The van der Waals surface area contributed by atoms with Gasteiger partial charge < -0.3 is 0 Å². The first-order chi connectivity index (χ1) is 7.27. The van der Waals surface area contributed by atoms with Crippen LogP contribution in [-0.4, -0.2) is 0 Å². The Morgan fingerprint density at radius 3 is 1.73 bits per heavy atom. The molecule has 0 amide bonds. The highest BCUT2D eigenvalue weighted by Gasteiger charge is 2.32. The third-order valence-corrected chi connectivity index (χ3v) is 3.79. The van der Waals surface area contributed by atoms with Gasteiger partial charge in [-0.2, -0.15) is 0 Å². The van der Waals surface area contributed by atoms with Crippen LogP contribution in [0.5, 0.6) is 0 Å². The molecule has 0 bridgehead atoms. The van der Waals surface area contributed by atoms with Crippen molar-refractivity contribution in [2.45, 2.75) is 57.3 Å². The third-order valence-electron chi connectivity index (χ3n) is 3.79. The highest BCUT2D eigenvalue weighted by molar-refractivity contribution is 5.44. The van der Waals surface area contributed by atoms with Crippen molar-refractivity contribution in [3.05, 3.63) is 34.9 Å². The highest BCUT2D eigenvalue weighted by Crippen LogP contribution is 2.49. The summed E-state index contributed by atoms with van der Waals surface area (Å²) < 4.78 is 0. The van der Waals surface area contributed by atoms with Crippen LogP contribution in [0, 0.1) is 0 Å². The maximum atomic E-state index is 2.37. The van der Waals surface area contributed by atoms with Crippen LogP contribution in [0.1, 0.15) is 74.0 Å². The van der Waals surface area contributed by atoms with Crippen LogP contribution in [0.4, 0.5) is 0 Å². The summed E-state index contributed by atoms with van der Waals surface area (Å²) in [5.74, 6) is 2.51. The molecule has 0 nitrogen and oxygen atoms in total. The van der Waals surface area contributed by atoms with Gasteiger partial charge in [0.05, 0.1) is 0 Å². The number of rotatable bonds is 3. The van der Waals surface area contributed by atoms with Crippen LogP contribution >= 0.6 is 0 Å². The summed E-state index contributed by atoms with van der Waals surface area (Å²) in [6, 6.07) is 7.03. The smallest absolute Gasteiger partial charge is 0.0159 e. The summed E-state index contributed by atoms with van der Waals surface area (Å²) in [5.41, 5.74) is 5.05. The van der Waals surface area contributed by atoms with E-state index in [0.29, 0.717) is 5.92 Å². The highest BCUT2D eigenvalue weighted by atomic mass is 14.4. The molecule has 3 rings (SSSR count). The second kappa shape index (κ2) is 3.37. The van der Waals surface area contributed by atoms with Gasteiger partial charge in [0, 0.05) is 0 Å². The Balaban J connectivity index is 2.08. The molecule has 0 heterocycles. The minimum Gasteiger partial charge on any atom is -0.0617 e. The topological polar surface area (TPSA) is 0 Å². The van der Waals surface area contributed by atoms with Crippen LogP contribution < -0.4 is 0 Å². The summed E-state index contributed by atoms with van der Waals surface area (Å²) in [6.45, 7) is 4.71. The van der Waals surface area contributed by atoms with Crippen LogP contribution in [0.2, 0.25) is 0 Å². The van der Waals surface area contributed by atoms with E-state index in [0.717, 1.165) is 11.8 Å². The molecule has 15 heavy (non-hydrogen) atoms. The predicted octanol–water partition coefficient (Wildman–Crippen LogP) is 4.56. The van der Waals surface area contributed by atoms with Crippen LogP contribution in [0.25, 0.3) is 0 Å². The van der Waals surface area contributed by atoms with E-state index in [-0.39, 0.29) is 0 Å². The molecule has 80 valence electrons. The fraction of sp³-hybridized carbons (Fsp3) is 0.600. The van der Waals surface area contributed by atoms with Gasteiger partial charge in [-0.25, -0.2) is 0 Å². The quantitative estimate of drug-likeness (QED) is 0.670. The Hall–Kier alpha value is -0.780. The maximum absolute atomic E-state index is 2.37. The molecule has 0 saturated heterocycles. The summed E-state index contributed by atoms with van der Waals surface area (Å²) in [4.78, 5) is 0. The molecule has 1 aromatic rings. The van der Waals surface area contributed by atoms with Gasteiger partial charge >= 0.3 is 0 Å². The van der Waals surface area contributed by atoms with E-state index in [1.54, 1.807) is 16.7 Å². The lowest BCUT2D eigenvalue weighted by molar-refractivity contribution is 0.818. The third kappa shape index (κ3) is 1.71. The van der Waals surface area contributed by atoms with Crippen molar-refractivity contribution in [1.29, 1.82) is 0 Å². The fourth-order valence-electron chi connectivity index (χ4n) is 2.77. The molecule has 2 saturated carbocycles. The summed E-state index contributed by atoms with van der Waals surface area (Å²) in [5, 5.41) is 0. The molecule has 0 atom stereocenters. The Bertz CT molecular complexity index is 337. The van der Waals surface area contributed by atoms with Crippen molar-refractivity contribution < 1.29 is 0 Å².